The van der Waals surface area contributed by atoms with Crippen molar-refractivity contribution >= 4 is 6.41 Å². The summed E-state index contributed by atoms with van der Waals surface area (Å²) in [5, 5.41) is 0. The van der Waals surface area contributed by atoms with Crippen molar-refractivity contribution in [2.45, 2.75) is 19.8 Å². The molecule has 0 aliphatic carbocycles. The van der Waals surface area contributed by atoms with Gasteiger partial charge in [-0.15, -0.1) is 0 Å². The predicted molar refractivity (Wildman–Crippen MR) is 40.6 cm³/mol. The number of nitrogens with zero attached hydrogens (tertiary/aromatic N) is 1. The van der Waals surface area contributed by atoms with E-state index in [9.17, 15) is 4.79 Å². The number of aryl methyl sites for hydroxylation is 1. The lowest BCUT2D eigenvalue weighted by Gasteiger charge is -1.96. The molecule has 10 heavy (non-hydrogen) atoms. The summed E-state index contributed by atoms with van der Waals surface area (Å²) in [7, 11) is 0. The second-order valence-corrected chi connectivity index (χ2v) is 2.26. The smallest absolute Gasteiger partial charge is 0.217 e. The van der Waals surface area contributed by atoms with Gasteiger partial charge in [0.15, 0.2) is 0 Å². The summed E-state index contributed by atoms with van der Waals surface area (Å²) in [6.07, 6.45) is 4.67. The summed E-state index contributed by atoms with van der Waals surface area (Å²) < 4.78 is 1.61. The normalized spacial score (nSPS) is 9.70. The van der Waals surface area contributed by atoms with Gasteiger partial charge in [0.2, 0.25) is 6.41 Å². The van der Waals surface area contributed by atoms with Gasteiger partial charge in [0.05, 0.1) is 0 Å². The Hall–Kier alpha value is -1.05. The first-order valence-electron chi connectivity index (χ1n) is 3.49. The van der Waals surface area contributed by atoms with Gasteiger partial charge in [0, 0.05) is 11.9 Å². The van der Waals surface area contributed by atoms with Crippen LogP contribution in [0.2, 0.25) is 0 Å². The van der Waals surface area contributed by atoms with Crippen LogP contribution in [0.3, 0.4) is 0 Å². The van der Waals surface area contributed by atoms with E-state index in [2.05, 4.69) is 6.92 Å². The van der Waals surface area contributed by atoms with E-state index in [1.54, 1.807) is 10.8 Å². The lowest BCUT2D eigenvalue weighted by Crippen LogP contribution is -1.98. The van der Waals surface area contributed by atoms with Gasteiger partial charge in [-0.2, -0.15) is 0 Å². The van der Waals surface area contributed by atoms with E-state index in [0.29, 0.717) is 0 Å². The van der Waals surface area contributed by atoms with Gasteiger partial charge in [-0.1, -0.05) is 13.3 Å². The molecule has 1 aromatic heterocycles. The lowest BCUT2D eigenvalue weighted by atomic mass is 10.2. The average molecular weight is 137 g/mol. The van der Waals surface area contributed by atoms with E-state index >= 15 is 0 Å². The molecule has 0 unspecified atom stereocenters. The fourth-order valence-corrected chi connectivity index (χ4v) is 1.00. The lowest BCUT2D eigenvalue weighted by molar-refractivity contribution is 0.545. The van der Waals surface area contributed by atoms with Crippen LogP contribution in [-0.4, -0.2) is 11.0 Å². The second-order valence-electron chi connectivity index (χ2n) is 2.26. The standard InChI is InChI=1S/C8H11NO/c1-2-4-8-5-3-6-9(8)7-10/h3,5-7H,2,4H2,1H3. The monoisotopic (exact) mass is 137 g/mol. The third-order valence-electron chi connectivity index (χ3n) is 1.49. The maximum absolute atomic E-state index is 10.3. The van der Waals surface area contributed by atoms with E-state index in [-0.39, 0.29) is 0 Å². The molecular weight excluding hydrogens is 126 g/mol. The second kappa shape index (κ2) is 3.20. The Morgan fingerprint density at radius 1 is 1.70 bits per heavy atom. The van der Waals surface area contributed by atoms with Crippen molar-refractivity contribution in [1.82, 2.24) is 4.57 Å². The van der Waals surface area contributed by atoms with Gasteiger partial charge < -0.3 is 0 Å². The molecule has 0 radical (unpaired) electrons. The molecule has 0 aliphatic rings. The molecule has 2 nitrogen and oxygen atoms in total. The highest BCUT2D eigenvalue weighted by Gasteiger charge is 1.95. The first kappa shape index (κ1) is 7.06. The number of hydrogen-bond acceptors (Lipinski definition) is 1. The van der Waals surface area contributed by atoms with Gasteiger partial charge in [-0.25, -0.2) is 0 Å². The first-order valence-corrected chi connectivity index (χ1v) is 3.49. The molecule has 0 fully saturated rings. The molecule has 0 aromatic carbocycles. The van der Waals surface area contributed by atoms with Crippen LogP contribution in [0, 0.1) is 0 Å². The maximum Gasteiger partial charge on any atom is 0.217 e. The zero-order valence-electron chi connectivity index (χ0n) is 6.08. The quantitative estimate of drug-likeness (QED) is 0.578. The Morgan fingerprint density at radius 3 is 3.10 bits per heavy atom. The summed E-state index contributed by atoms with van der Waals surface area (Å²) in [6.45, 7) is 2.10. The molecule has 0 spiro atoms. The Morgan fingerprint density at radius 2 is 2.50 bits per heavy atom. The Balaban J connectivity index is 2.79. The molecule has 0 saturated carbocycles. The highest BCUT2D eigenvalue weighted by atomic mass is 16.1. The molecule has 2 heteroatoms. The minimum absolute atomic E-state index is 0.838. The predicted octanol–water partition coefficient (Wildman–Crippen LogP) is 1.48. The van der Waals surface area contributed by atoms with Crippen molar-refractivity contribution in [2.75, 3.05) is 0 Å². The fraction of sp³-hybridized carbons (Fsp3) is 0.375. The molecule has 0 amide bonds. The first-order chi connectivity index (χ1) is 4.88. The van der Waals surface area contributed by atoms with E-state index in [0.717, 1.165) is 24.9 Å². The molecular formula is C8H11NO. The van der Waals surface area contributed by atoms with Crippen LogP contribution < -0.4 is 0 Å². The van der Waals surface area contributed by atoms with Crippen LogP contribution >= 0.6 is 0 Å². The minimum Gasteiger partial charge on any atom is -0.294 e. The highest BCUT2D eigenvalue weighted by Crippen LogP contribution is 2.01. The Bertz CT molecular complexity index is 215. The number of hydrogen-bond donors (Lipinski definition) is 0. The zero-order chi connectivity index (χ0) is 7.40. The highest BCUT2D eigenvalue weighted by molar-refractivity contribution is 5.53. The Labute approximate surface area is 60.5 Å². The average Bonchev–Trinajstić information content (AvgIpc) is 2.36. The van der Waals surface area contributed by atoms with Crippen molar-refractivity contribution in [1.29, 1.82) is 0 Å². The van der Waals surface area contributed by atoms with Crippen molar-refractivity contribution < 1.29 is 4.79 Å². The summed E-state index contributed by atoms with van der Waals surface area (Å²) in [5.74, 6) is 0. The summed E-state index contributed by atoms with van der Waals surface area (Å²) in [5.41, 5.74) is 1.09. The molecule has 54 valence electrons. The van der Waals surface area contributed by atoms with Gasteiger partial charge in [0.1, 0.15) is 0 Å². The largest absolute Gasteiger partial charge is 0.294 e. The van der Waals surface area contributed by atoms with Crippen LogP contribution in [0.25, 0.3) is 0 Å². The zero-order valence-corrected chi connectivity index (χ0v) is 6.08. The molecule has 0 bridgehead atoms. The molecule has 0 N–H and O–H groups in total. The number of carbonyl (C=O) groups excluding carboxylic acids is 1. The van der Waals surface area contributed by atoms with Crippen molar-refractivity contribution in [2.24, 2.45) is 0 Å². The minimum atomic E-state index is 0.838. The number of rotatable bonds is 3. The SMILES string of the molecule is CCCc1cccn1C=O. The van der Waals surface area contributed by atoms with E-state index in [4.69, 9.17) is 0 Å². The molecule has 1 heterocycles. The van der Waals surface area contributed by atoms with Gasteiger partial charge in [-0.3, -0.25) is 9.36 Å². The molecule has 1 rings (SSSR count). The van der Waals surface area contributed by atoms with Crippen LogP contribution in [-0.2, 0) is 11.2 Å². The van der Waals surface area contributed by atoms with Crippen LogP contribution in [0.4, 0.5) is 0 Å². The Kier molecular flexibility index (Phi) is 2.26. The van der Waals surface area contributed by atoms with Crippen molar-refractivity contribution in [3.8, 4) is 0 Å². The van der Waals surface area contributed by atoms with Gasteiger partial charge in [0.25, 0.3) is 0 Å². The van der Waals surface area contributed by atoms with Gasteiger partial charge >= 0.3 is 0 Å². The third-order valence-corrected chi connectivity index (χ3v) is 1.49. The molecule has 0 saturated heterocycles. The maximum atomic E-state index is 10.3. The summed E-state index contributed by atoms with van der Waals surface area (Å²) >= 11 is 0. The van der Waals surface area contributed by atoms with Crippen LogP contribution in [0.5, 0.6) is 0 Å². The topological polar surface area (TPSA) is 22.0 Å². The van der Waals surface area contributed by atoms with E-state index in [1.807, 2.05) is 12.1 Å². The summed E-state index contributed by atoms with van der Waals surface area (Å²) in [6, 6.07) is 3.86. The van der Waals surface area contributed by atoms with E-state index < -0.39 is 0 Å². The number of carbonyl (C=O) groups is 1. The molecule has 0 atom stereocenters. The molecule has 0 aliphatic heterocycles. The summed E-state index contributed by atoms with van der Waals surface area (Å²) in [4.78, 5) is 10.3. The van der Waals surface area contributed by atoms with Gasteiger partial charge in [-0.05, 0) is 18.6 Å². The fourth-order valence-electron chi connectivity index (χ4n) is 1.00. The number of aromatic nitrogens is 1. The third kappa shape index (κ3) is 1.26. The molecule has 1 aromatic rings. The van der Waals surface area contributed by atoms with Crippen molar-refractivity contribution in [3.05, 3.63) is 24.0 Å². The van der Waals surface area contributed by atoms with E-state index in [1.165, 1.54) is 0 Å². The van der Waals surface area contributed by atoms with Crippen molar-refractivity contribution in [3.63, 3.8) is 0 Å². The van der Waals surface area contributed by atoms with Crippen LogP contribution in [0.15, 0.2) is 18.3 Å². The van der Waals surface area contributed by atoms with Crippen LogP contribution in [0.1, 0.15) is 19.0 Å².